The maximum absolute atomic E-state index is 8.94. The normalized spacial score (nSPS) is 12.0. The molecular formula is C14H25N3O. The molecule has 0 atom stereocenters. The molecule has 0 bridgehead atoms. The van der Waals surface area contributed by atoms with Crippen molar-refractivity contribution in [2.24, 2.45) is 0 Å². The van der Waals surface area contributed by atoms with E-state index in [0.717, 1.165) is 22.9 Å². The standard InChI is InChI=1S/C14H25N3O/c1-9(2)11-10(3)16-12(14(4,5)6)13(17-11)15-7-8-18/h9,18H,7-8H2,1-6H3,(H,15,17). The van der Waals surface area contributed by atoms with Crippen LogP contribution in [-0.2, 0) is 5.41 Å². The highest BCUT2D eigenvalue weighted by atomic mass is 16.3. The Balaban J connectivity index is 3.28. The Morgan fingerprint density at radius 2 is 1.83 bits per heavy atom. The number of hydrogen-bond donors (Lipinski definition) is 2. The van der Waals surface area contributed by atoms with E-state index in [4.69, 9.17) is 15.1 Å². The lowest BCUT2D eigenvalue weighted by Crippen LogP contribution is -2.21. The van der Waals surface area contributed by atoms with Crippen molar-refractivity contribution in [2.45, 2.75) is 52.9 Å². The summed E-state index contributed by atoms with van der Waals surface area (Å²) in [6, 6.07) is 0. The predicted molar refractivity (Wildman–Crippen MR) is 75.1 cm³/mol. The van der Waals surface area contributed by atoms with Crippen LogP contribution in [0.25, 0.3) is 0 Å². The molecule has 4 nitrogen and oxygen atoms in total. The van der Waals surface area contributed by atoms with Crippen LogP contribution < -0.4 is 5.32 Å². The smallest absolute Gasteiger partial charge is 0.148 e. The van der Waals surface area contributed by atoms with Gasteiger partial charge >= 0.3 is 0 Å². The van der Waals surface area contributed by atoms with E-state index in [1.54, 1.807) is 0 Å². The van der Waals surface area contributed by atoms with Gasteiger partial charge in [0.15, 0.2) is 0 Å². The molecule has 4 heteroatoms. The van der Waals surface area contributed by atoms with Crippen LogP contribution in [0.3, 0.4) is 0 Å². The maximum Gasteiger partial charge on any atom is 0.148 e. The van der Waals surface area contributed by atoms with Gasteiger partial charge in [-0.05, 0) is 12.8 Å². The monoisotopic (exact) mass is 251 g/mol. The summed E-state index contributed by atoms with van der Waals surface area (Å²) in [4.78, 5) is 9.40. The Morgan fingerprint density at radius 1 is 1.22 bits per heavy atom. The van der Waals surface area contributed by atoms with Crippen molar-refractivity contribution in [2.75, 3.05) is 18.5 Å². The highest BCUT2D eigenvalue weighted by Crippen LogP contribution is 2.29. The van der Waals surface area contributed by atoms with E-state index >= 15 is 0 Å². The highest BCUT2D eigenvalue weighted by molar-refractivity contribution is 5.46. The molecule has 0 saturated carbocycles. The molecule has 0 saturated heterocycles. The van der Waals surface area contributed by atoms with E-state index in [1.807, 2.05) is 6.92 Å². The van der Waals surface area contributed by atoms with Gasteiger partial charge in [0, 0.05) is 12.0 Å². The molecule has 0 aliphatic carbocycles. The molecule has 102 valence electrons. The van der Waals surface area contributed by atoms with Crippen molar-refractivity contribution in [1.29, 1.82) is 0 Å². The SMILES string of the molecule is Cc1nc(C(C)(C)C)c(NCCO)nc1C(C)C. The van der Waals surface area contributed by atoms with Crippen LogP contribution in [0.2, 0.25) is 0 Å². The fourth-order valence-electron chi connectivity index (χ4n) is 1.90. The maximum atomic E-state index is 8.94. The van der Waals surface area contributed by atoms with Crippen LogP contribution in [0.4, 0.5) is 5.82 Å². The second-order valence-corrected chi connectivity index (χ2v) is 5.95. The first-order valence-electron chi connectivity index (χ1n) is 6.51. The van der Waals surface area contributed by atoms with Crippen molar-refractivity contribution < 1.29 is 5.11 Å². The number of aliphatic hydroxyl groups excluding tert-OH is 1. The Hall–Kier alpha value is -1.16. The molecule has 2 N–H and O–H groups in total. The minimum Gasteiger partial charge on any atom is -0.395 e. The predicted octanol–water partition coefficient (Wildman–Crippen LogP) is 2.61. The number of aliphatic hydroxyl groups is 1. The molecule has 18 heavy (non-hydrogen) atoms. The van der Waals surface area contributed by atoms with Gasteiger partial charge in [-0.3, -0.25) is 4.98 Å². The zero-order valence-corrected chi connectivity index (χ0v) is 12.3. The number of anilines is 1. The minimum absolute atomic E-state index is 0.0644. The molecule has 0 aromatic carbocycles. The number of aryl methyl sites for hydroxylation is 1. The fraction of sp³-hybridized carbons (Fsp3) is 0.714. The van der Waals surface area contributed by atoms with Crippen LogP contribution in [0.5, 0.6) is 0 Å². The van der Waals surface area contributed by atoms with Gasteiger partial charge in [0.1, 0.15) is 5.82 Å². The van der Waals surface area contributed by atoms with Crippen molar-refractivity contribution in [3.63, 3.8) is 0 Å². The second kappa shape index (κ2) is 5.65. The topological polar surface area (TPSA) is 58.0 Å². The molecule has 1 aromatic heterocycles. The number of aromatic nitrogens is 2. The van der Waals surface area contributed by atoms with Crippen LogP contribution in [-0.4, -0.2) is 28.2 Å². The average molecular weight is 251 g/mol. The molecule has 1 aromatic rings. The molecule has 0 aliphatic rings. The van der Waals surface area contributed by atoms with Gasteiger partial charge in [-0.15, -0.1) is 0 Å². The number of rotatable bonds is 4. The van der Waals surface area contributed by atoms with Crippen molar-refractivity contribution in [3.8, 4) is 0 Å². The molecule has 0 aliphatic heterocycles. The van der Waals surface area contributed by atoms with Crippen LogP contribution in [0, 0.1) is 6.92 Å². The lowest BCUT2D eigenvalue weighted by molar-refractivity contribution is 0.310. The van der Waals surface area contributed by atoms with Gasteiger partial charge in [0.05, 0.1) is 23.7 Å². The van der Waals surface area contributed by atoms with Gasteiger partial charge < -0.3 is 10.4 Å². The summed E-state index contributed by atoms with van der Waals surface area (Å²) in [5, 5.41) is 12.1. The van der Waals surface area contributed by atoms with E-state index < -0.39 is 0 Å². The zero-order chi connectivity index (χ0) is 13.9. The summed E-state index contributed by atoms with van der Waals surface area (Å²) < 4.78 is 0. The zero-order valence-electron chi connectivity index (χ0n) is 12.3. The third-order valence-corrected chi connectivity index (χ3v) is 2.77. The molecule has 0 amide bonds. The molecular weight excluding hydrogens is 226 g/mol. The molecule has 0 unspecified atom stereocenters. The van der Waals surface area contributed by atoms with Crippen molar-refractivity contribution >= 4 is 5.82 Å². The second-order valence-electron chi connectivity index (χ2n) is 5.95. The van der Waals surface area contributed by atoms with E-state index in [9.17, 15) is 0 Å². The largest absolute Gasteiger partial charge is 0.395 e. The Labute approximate surface area is 110 Å². The highest BCUT2D eigenvalue weighted by Gasteiger charge is 2.23. The molecule has 1 heterocycles. The van der Waals surface area contributed by atoms with Gasteiger partial charge in [-0.25, -0.2) is 4.98 Å². The summed E-state index contributed by atoms with van der Waals surface area (Å²) in [5.41, 5.74) is 2.90. The van der Waals surface area contributed by atoms with E-state index in [2.05, 4.69) is 39.9 Å². The quantitative estimate of drug-likeness (QED) is 0.863. The molecule has 0 spiro atoms. The molecule has 1 rings (SSSR count). The summed E-state index contributed by atoms with van der Waals surface area (Å²) in [7, 11) is 0. The third kappa shape index (κ3) is 3.42. The third-order valence-electron chi connectivity index (χ3n) is 2.77. The summed E-state index contributed by atoms with van der Waals surface area (Å²) >= 11 is 0. The Kier molecular flexibility index (Phi) is 4.68. The number of nitrogens with one attached hydrogen (secondary N) is 1. The summed E-state index contributed by atoms with van der Waals surface area (Å²) in [6.45, 7) is 13.2. The average Bonchev–Trinajstić information content (AvgIpc) is 2.25. The van der Waals surface area contributed by atoms with E-state index in [-0.39, 0.29) is 12.0 Å². The van der Waals surface area contributed by atoms with E-state index in [1.165, 1.54) is 0 Å². The first-order chi connectivity index (χ1) is 8.27. The first kappa shape index (κ1) is 14.9. The van der Waals surface area contributed by atoms with E-state index in [0.29, 0.717) is 12.5 Å². The van der Waals surface area contributed by atoms with Gasteiger partial charge in [-0.1, -0.05) is 34.6 Å². The fourth-order valence-corrected chi connectivity index (χ4v) is 1.90. The Morgan fingerprint density at radius 3 is 2.28 bits per heavy atom. The van der Waals surface area contributed by atoms with Gasteiger partial charge in [0.25, 0.3) is 0 Å². The summed E-state index contributed by atoms with van der Waals surface area (Å²) in [6.07, 6.45) is 0. The summed E-state index contributed by atoms with van der Waals surface area (Å²) in [5.74, 6) is 1.15. The molecule has 0 radical (unpaired) electrons. The number of hydrogen-bond acceptors (Lipinski definition) is 4. The van der Waals surface area contributed by atoms with Crippen molar-refractivity contribution in [3.05, 3.63) is 17.1 Å². The van der Waals surface area contributed by atoms with Crippen LogP contribution in [0.1, 0.15) is 57.6 Å². The lowest BCUT2D eigenvalue weighted by atomic mass is 9.91. The number of nitrogens with zero attached hydrogens (tertiary/aromatic N) is 2. The van der Waals surface area contributed by atoms with Crippen molar-refractivity contribution in [1.82, 2.24) is 9.97 Å². The van der Waals surface area contributed by atoms with Gasteiger partial charge in [0.2, 0.25) is 0 Å². The van der Waals surface area contributed by atoms with Crippen LogP contribution in [0.15, 0.2) is 0 Å². The molecule has 0 fully saturated rings. The minimum atomic E-state index is -0.0644. The van der Waals surface area contributed by atoms with Crippen LogP contribution >= 0.6 is 0 Å². The first-order valence-corrected chi connectivity index (χ1v) is 6.51. The Bertz CT molecular complexity index is 408. The van der Waals surface area contributed by atoms with Gasteiger partial charge in [-0.2, -0.15) is 0 Å². The lowest BCUT2D eigenvalue weighted by Gasteiger charge is -2.23.